The second-order valence-electron chi connectivity index (χ2n) is 5.35. The second-order valence-corrected chi connectivity index (χ2v) is 5.35. The second kappa shape index (κ2) is 7.03. The number of benzene rings is 1. The molecule has 0 aliphatic heterocycles. The Morgan fingerprint density at radius 3 is 2.65 bits per heavy atom. The van der Waals surface area contributed by atoms with Crippen molar-refractivity contribution >= 4 is 23.2 Å². The molecule has 3 rings (SSSR count). The lowest BCUT2D eigenvalue weighted by Gasteiger charge is -2.10. The Kier molecular flexibility index (Phi) is 4.62. The molecule has 2 aromatic heterocycles. The van der Waals surface area contributed by atoms with Crippen LogP contribution in [0.25, 0.3) is 5.52 Å². The van der Waals surface area contributed by atoms with Crippen LogP contribution in [-0.2, 0) is 4.74 Å². The maximum Gasteiger partial charge on any atom is 0.358 e. The van der Waals surface area contributed by atoms with Crippen LogP contribution in [0.3, 0.4) is 0 Å². The van der Waals surface area contributed by atoms with Gasteiger partial charge in [0.05, 0.1) is 6.61 Å². The van der Waals surface area contributed by atoms with Gasteiger partial charge >= 0.3 is 5.97 Å². The summed E-state index contributed by atoms with van der Waals surface area (Å²) >= 11 is 0. The minimum Gasteiger partial charge on any atom is -0.461 e. The molecule has 0 saturated heterocycles. The Labute approximate surface area is 149 Å². The van der Waals surface area contributed by atoms with Crippen molar-refractivity contribution in [3.8, 4) is 6.07 Å². The fourth-order valence-electron chi connectivity index (χ4n) is 2.49. The summed E-state index contributed by atoms with van der Waals surface area (Å²) in [5.74, 6) is -0.485. The van der Waals surface area contributed by atoms with E-state index in [4.69, 9.17) is 4.74 Å². The molecule has 8 heteroatoms. The third-order valence-electron chi connectivity index (χ3n) is 3.65. The minimum absolute atomic E-state index is 0.00713. The molecular formula is C18H15N5O3. The zero-order valence-corrected chi connectivity index (χ0v) is 14.2. The number of aromatic nitrogens is 3. The zero-order valence-electron chi connectivity index (χ0n) is 14.2. The van der Waals surface area contributed by atoms with Crippen molar-refractivity contribution in [2.24, 2.45) is 0 Å². The number of nitriles is 1. The summed E-state index contributed by atoms with van der Waals surface area (Å²) in [5, 5.41) is 12.0. The van der Waals surface area contributed by atoms with Gasteiger partial charge in [0, 0.05) is 11.8 Å². The molecule has 0 atom stereocenters. The minimum atomic E-state index is -0.629. The number of hydrogen-bond donors (Lipinski definition) is 1. The molecule has 0 unspecified atom stereocenters. The molecule has 130 valence electrons. The van der Waals surface area contributed by atoms with Gasteiger partial charge in [0.2, 0.25) is 0 Å². The Bertz CT molecular complexity index is 1030. The van der Waals surface area contributed by atoms with Crippen molar-refractivity contribution < 1.29 is 14.3 Å². The van der Waals surface area contributed by atoms with Crippen molar-refractivity contribution in [3.63, 3.8) is 0 Å². The number of aryl methyl sites for hydroxylation is 1. The first-order valence-corrected chi connectivity index (χ1v) is 7.88. The summed E-state index contributed by atoms with van der Waals surface area (Å²) in [6.07, 6.45) is 1.44. The summed E-state index contributed by atoms with van der Waals surface area (Å²) in [5.41, 5.74) is 0.854. The summed E-state index contributed by atoms with van der Waals surface area (Å²) in [6.45, 7) is 3.56. The number of anilines is 1. The number of esters is 1. The van der Waals surface area contributed by atoms with Crippen LogP contribution in [0.15, 0.2) is 36.5 Å². The maximum absolute atomic E-state index is 12.5. The number of hydrogen-bond acceptors (Lipinski definition) is 6. The van der Waals surface area contributed by atoms with E-state index in [1.165, 1.54) is 6.20 Å². The van der Waals surface area contributed by atoms with Crippen LogP contribution in [0.1, 0.15) is 39.3 Å². The average molecular weight is 349 g/mol. The van der Waals surface area contributed by atoms with Gasteiger partial charge in [-0.15, -0.1) is 0 Å². The lowest BCUT2D eigenvalue weighted by molar-refractivity contribution is 0.0518. The quantitative estimate of drug-likeness (QED) is 0.724. The lowest BCUT2D eigenvalue weighted by atomic mass is 10.2. The van der Waals surface area contributed by atoms with Gasteiger partial charge in [0.25, 0.3) is 5.91 Å². The first-order valence-electron chi connectivity index (χ1n) is 7.88. The molecule has 0 fully saturated rings. The van der Waals surface area contributed by atoms with Crippen LogP contribution >= 0.6 is 0 Å². The number of rotatable bonds is 4. The van der Waals surface area contributed by atoms with Crippen LogP contribution in [0.5, 0.6) is 0 Å². The van der Waals surface area contributed by atoms with Gasteiger partial charge in [-0.2, -0.15) is 5.26 Å². The smallest absolute Gasteiger partial charge is 0.358 e. The largest absolute Gasteiger partial charge is 0.461 e. The molecule has 0 radical (unpaired) electrons. The standard InChI is InChI=1S/C18H15N5O3/c1-3-26-18(25)14-10-23-11(2)20-13(9-19)15(23)16(21-14)22-17(24)12-7-5-4-6-8-12/h4-8,10H,3H2,1-2H3,(H,21,22,24). The van der Waals surface area contributed by atoms with E-state index < -0.39 is 11.9 Å². The molecule has 1 aromatic carbocycles. The highest BCUT2D eigenvalue weighted by Gasteiger charge is 2.20. The van der Waals surface area contributed by atoms with E-state index in [2.05, 4.69) is 15.3 Å². The third-order valence-corrected chi connectivity index (χ3v) is 3.65. The highest BCUT2D eigenvalue weighted by atomic mass is 16.5. The Hall–Kier alpha value is -3.73. The lowest BCUT2D eigenvalue weighted by Crippen LogP contribution is -2.17. The molecule has 2 heterocycles. The van der Waals surface area contributed by atoms with Crippen LogP contribution in [0.2, 0.25) is 0 Å². The topological polar surface area (TPSA) is 109 Å². The van der Waals surface area contributed by atoms with Crippen molar-refractivity contribution in [1.29, 1.82) is 5.26 Å². The van der Waals surface area contributed by atoms with E-state index in [1.807, 2.05) is 6.07 Å². The predicted molar refractivity (Wildman–Crippen MR) is 92.8 cm³/mol. The summed E-state index contributed by atoms with van der Waals surface area (Å²) in [4.78, 5) is 32.9. The van der Waals surface area contributed by atoms with E-state index in [9.17, 15) is 14.9 Å². The zero-order chi connectivity index (χ0) is 18.7. The molecule has 8 nitrogen and oxygen atoms in total. The van der Waals surface area contributed by atoms with Crippen molar-refractivity contribution in [1.82, 2.24) is 14.4 Å². The molecule has 0 aliphatic rings. The average Bonchev–Trinajstić information content (AvgIpc) is 2.99. The van der Waals surface area contributed by atoms with Gasteiger partial charge in [-0.05, 0) is 26.0 Å². The molecule has 1 N–H and O–H groups in total. The number of nitrogens with zero attached hydrogens (tertiary/aromatic N) is 4. The molecule has 0 aliphatic carbocycles. The molecule has 3 aromatic rings. The normalized spacial score (nSPS) is 10.3. The SMILES string of the molecule is CCOC(=O)c1cn2c(C)nc(C#N)c2c(NC(=O)c2ccccc2)n1. The van der Waals surface area contributed by atoms with Gasteiger partial charge in [0.1, 0.15) is 17.4 Å². The van der Waals surface area contributed by atoms with Crippen molar-refractivity contribution in [2.75, 3.05) is 11.9 Å². The van der Waals surface area contributed by atoms with E-state index in [-0.39, 0.29) is 23.8 Å². The van der Waals surface area contributed by atoms with E-state index in [1.54, 1.807) is 48.6 Å². The summed E-state index contributed by atoms with van der Waals surface area (Å²) < 4.78 is 6.52. The molecule has 26 heavy (non-hydrogen) atoms. The molecule has 0 spiro atoms. The number of nitrogens with one attached hydrogen (secondary N) is 1. The highest BCUT2D eigenvalue weighted by molar-refractivity contribution is 6.06. The van der Waals surface area contributed by atoms with Crippen molar-refractivity contribution in [2.45, 2.75) is 13.8 Å². The van der Waals surface area contributed by atoms with E-state index in [0.29, 0.717) is 16.9 Å². The van der Waals surface area contributed by atoms with E-state index >= 15 is 0 Å². The summed E-state index contributed by atoms with van der Waals surface area (Å²) in [7, 11) is 0. The first kappa shape index (κ1) is 17.1. The predicted octanol–water partition coefficient (Wildman–Crippen LogP) is 2.34. The number of amides is 1. The van der Waals surface area contributed by atoms with Gasteiger partial charge < -0.3 is 10.1 Å². The fourth-order valence-corrected chi connectivity index (χ4v) is 2.49. The highest BCUT2D eigenvalue weighted by Crippen LogP contribution is 2.22. The maximum atomic E-state index is 12.5. The van der Waals surface area contributed by atoms with Crippen LogP contribution in [0, 0.1) is 18.3 Å². The van der Waals surface area contributed by atoms with Gasteiger partial charge in [0.15, 0.2) is 17.2 Å². The van der Waals surface area contributed by atoms with Gasteiger partial charge in [-0.25, -0.2) is 14.8 Å². The van der Waals surface area contributed by atoms with Gasteiger partial charge in [-0.3, -0.25) is 9.20 Å². The molecular weight excluding hydrogens is 334 g/mol. The Morgan fingerprint density at radius 2 is 2.00 bits per heavy atom. The summed E-state index contributed by atoms with van der Waals surface area (Å²) in [6, 6.07) is 10.5. The number of imidazole rings is 1. The third kappa shape index (κ3) is 3.10. The Balaban J connectivity index is 2.13. The van der Waals surface area contributed by atoms with E-state index in [0.717, 1.165) is 0 Å². The molecule has 0 bridgehead atoms. The van der Waals surface area contributed by atoms with Gasteiger partial charge in [-0.1, -0.05) is 18.2 Å². The number of carbonyl (C=O) groups excluding carboxylic acids is 2. The monoisotopic (exact) mass is 349 g/mol. The molecule has 1 amide bonds. The number of ether oxygens (including phenoxy) is 1. The Morgan fingerprint density at radius 1 is 1.27 bits per heavy atom. The molecule has 0 saturated carbocycles. The van der Waals surface area contributed by atoms with Crippen LogP contribution in [-0.4, -0.2) is 32.9 Å². The van der Waals surface area contributed by atoms with Crippen LogP contribution < -0.4 is 5.32 Å². The van der Waals surface area contributed by atoms with Crippen molar-refractivity contribution in [3.05, 3.63) is 59.3 Å². The number of fused-ring (bicyclic) bond motifs is 1. The van der Waals surface area contributed by atoms with Crippen LogP contribution in [0.4, 0.5) is 5.82 Å². The first-order chi connectivity index (χ1) is 12.5. The number of carbonyl (C=O) groups is 2. The fraction of sp³-hybridized carbons (Fsp3) is 0.167.